The van der Waals surface area contributed by atoms with Crippen molar-refractivity contribution in [2.75, 3.05) is 11.9 Å². The molecule has 0 amide bonds. The van der Waals surface area contributed by atoms with Crippen molar-refractivity contribution in [2.45, 2.75) is 79.1 Å². The standard InChI is InChI=1S/C25H35N/c1-16-12-17(2)19(4)23(13-16)26(9)22-15-21-20(14-18(22)3)24(5,6)10-11-25(21,7)8/h12-15H,10-11H2,1-9H3. The second kappa shape index (κ2) is 6.15. The highest BCUT2D eigenvalue weighted by atomic mass is 15.1. The first-order valence-corrected chi connectivity index (χ1v) is 9.91. The summed E-state index contributed by atoms with van der Waals surface area (Å²) in [5.74, 6) is 0. The van der Waals surface area contributed by atoms with E-state index in [1.807, 2.05) is 0 Å². The van der Waals surface area contributed by atoms with Gasteiger partial charge in [0.05, 0.1) is 0 Å². The van der Waals surface area contributed by atoms with Gasteiger partial charge in [0, 0.05) is 18.4 Å². The molecule has 0 saturated carbocycles. The van der Waals surface area contributed by atoms with Crippen LogP contribution in [0.4, 0.5) is 11.4 Å². The minimum atomic E-state index is 0.242. The van der Waals surface area contributed by atoms with Gasteiger partial charge in [0.1, 0.15) is 0 Å². The van der Waals surface area contributed by atoms with Gasteiger partial charge in [0.15, 0.2) is 0 Å². The van der Waals surface area contributed by atoms with Gasteiger partial charge < -0.3 is 4.90 Å². The lowest BCUT2D eigenvalue weighted by atomic mass is 9.63. The van der Waals surface area contributed by atoms with E-state index >= 15 is 0 Å². The molecule has 0 aliphatic heterocycles. The Bertz CT molecular complexity index is 855. The predicted molar refractivity (Wildman–Crippen MR) is 115 cm³/mol. The number of nitrogens with zero attached hydrogens (tertiary/aromatic N) is 1. The van der Waals surface area contributed by atoms with Gasteiger partial charge >= 0.3 is 0 Å². The summed E-state index contributed by atoms with van der Waals surface area (Å²) in [5, 5.41) is 0. The van der Waals surface area contributed by atoms with E-state index in [9.17, 15) is 0 Å². The van der Waals surface area contributed by atoms with E-state index in [2.05, 4.69) is 91.6 Å². The second-order valence-electron chi connectivity index (χ2n) is 9.74. The predicted octanol–water partition coefficient (Wildman–Crippen LogP) is 7.04. The summed E-state index contributed by atoms with van der Waals surface area (Å²) >= 11 is 0. The Morgan fingerprint density at radius 3 is 1.81 bits per heavy atom. The molecule has 0 fully saturated rings. The third-order valence-corrected chi connectivity index (χ3v) is 6.68. The molecule has 0 aromatic heterocycles. The average molecular weight is 350 g/mol. The molecular formula is C25H35N. The summed E-state index contributed by atoms with van der Waals surface area (Å²) in [6.07, 6.45) is 2.51. The highest BCUT2D eigenvalue weighted by Crippen LogP contribution is 2.48. The normalized spacial score (nSPS) is 17.7. The van der Waals surface area contributed by atoms with E-state index in [0.29, 0.717) is 0 Å². The number of rotatable bonds is 2. The third-order valence-electron chi connectivity index (χ3n) is 6.68. The molecule has 1 heteroatoms. The van der Waals surface area contributed by atoms with Crippen LogP contribution in [-0.4, -0.2) is 7.05 Å². The van der Waals surface area contributed by atoms with Crippen molar-refractivity contribution < 1.29 is 0 Å². The van der Waals surface area contributed by atoms with Crippen molar-refractivity contribution in [1.82, 2.24) is 0 Å². The zero-order valence-corrected chi connectivity index (χ0v) is 18.2. The van der Waals surface area contributed by atoms with Crippen LogP contribution in [0.2, 0.25) is 0 Å². The molecule has 1 aliphatic carbocycles. The quantitative estimate of drug-likeness (QED) is 0.562. The molecule has 3 rings (SSSR count). The molecule has 1 nitrogen and oxygen atoms in total. The maximum Gasteiger partial charge on any atom is 0.0443 e. The van der Waals surface area contributed by atoms with E-state index in [-0.39, 0.29) is 10.8 Å². The molecule has 0 saturated heterocycles. The van der Waals surface area contributed by atoms with Crippen molar-refractivity contribution >= 4 is 11.4 Å². The van der Waals surface area contributed by atoms with Crippen LogP contribution >= 0.6 is 0 Å². The van der Waals surface area contributed by atoms with Gasteiger partial charge in [-0.1, -0.05) is 39.8 Å². The monoisotopic (exact) mass is 349 g/mol. The van der Waals surface area contributed by atoms with E-state index in [1.165, 1.54) is 52.0 Å². The van der Waals surface area contributed by atoms with Crippen molar-refractivity contribution in [3.8, 4) is 0 Å². The maximum absolute atomic E-state index is 2.47. The second-order valence-corrected chi connectivity index (χ2v) is 9.74. The van der Waals surface area contributed by atoms with Crippen molar-refractivity contribution in [2.24, 2.45) is 0 Å². The lowest BCUT2D eigenvalue weighted by Crippen LogP contribution is -2.34. The van der Waals surface area contributed by atoms with Gasteiger partial charge in [-0.15, -0.1) is 0 Å². The molecule has 0 radical (unpaired) electrons. The highest BCUT2D eigenvalue weighted by Gasteiger charge is 2.37. The van der Waals surface area contributed by atoms with E-state index in [0.717, 1.165) is 0 Å². The third kappa shape index (κ3) is 3.06. The smallest absolute Gasteiger partial charge is 0.0443 e. The van der Waals surface area contributed by atoms with Crippen LogP contribution in [0.1, 0.15) is 73.9 Å². The molecule has 0 atom stereocenters. The van der Waals surface area contributed by atoms with Crippen LogP contribution in [0.25, 0.3) is 0 Å². The largest absolute Gasteiger partial charge is 0.344 e. The first-order chi connectivity index (χ1) is 11.9. The Labute approximate surface area is 160 Å². The Kier molecular flexibility index (Phi) is 4.50. The van der Waals surface area contributed by atoms with Crippen LogP contribution in [0, 0.1) is 27.7 Å². The molecule has 26 heavy (non-hydrogen) atoms. The summed E-state index contributed by atoms with van der Waals surface area (Å²) in [6, 6.07) is 9.52. The van der Waals surface area contributed by atoms with Crippen LogP contribution in [-0.2, 0) is 10.8 Å². The fourth-order valence-corrected chi connectivity index (χ4v) is 4.57. The first kappa shape index (κ1) is 19.0. The van der Waals surface area contributed by atoms with Crippen molar-refractivity contribution in [3.05, 3.63) is 57.6 Å². The Morgan fingerprint density at radius 2 is 1.23 bits per heavy atom. The number of benzene rings is 2. The maximum atomic E-state index is 2.47. The van der Waals surface area contributed by atoms with Crippen LogP contribution in [0.5, 0.6) is 0 Å². The van der Waals surface area contributed by atoms with Gasteiger partial charge in [-0.3, -0.25) is 0 Å². The number of hydrogen-bond acceptors (Lipinski definition) is 1. The highest BCUT2D eigenvalue weighted by molar-refractivity contribution is 5.72. The summed E-state index contributed by atoms with van der Waals surface area (Å²) in [7, 11) is 2.22. The number of fused-ring (bicyclic) bond motifs is 1. The lowest BCUT2D eigenvalue weighted by Gasteiger charge is -2.43. The summed E-state index contributed by atoms with van der Waals surface area (Å²) in [6.45, 7) is 18.5. The van der Waals surface area contributed by atoms with Gasteiger partial charge in [0.2, 0.25) is 0 Å². The number of hydrogen-bond donors (Lipinski definition) is 0. The molecule has 0 unspecified atom stereocenters. The molecule has 0 spiro atoms. The summed E-state index contributed by atoms with van der Waals surface area (Å²) in [5.41, 5.74) is 11.7. The molecule has 1 aliphatic rings. The summed E-state index contributed by atoms with van der Waals surface area (Å²) < 4.78 is 0. The number of aryl methyl sites for hydroxylation is 3. The average Bonchev–Trinajstić information content (AvgIpc) is 2.54. The lowest BCUT2D eigenvalue weighted by molar-refractivity contribution is 0.332. The SMILES string of the molecule is Cc1cc(C)c(C)c(N(C)c2cc3c(cc2C)C(C)(C)CCC3(C)C)c1. The van der Waals surface area contributed by atoms with Crippen molar-refractivity contribution in [1.29, 1.82) is 0 Å². The van der Waals surface area contributed by atoms with Gasteiger partial charge in [-0.25, -0.2) is 0 Å². The fraction of sp³-hybridized carbons (Fsp3) is 0.520. The van der Waals surface area contributed by atoms with E-state index in [4.69, 9.17) is 0 Å². The minimum absolute atomic E-state index is 0.242. The molecule has 140 valence electrons. The minimum Gasteiger partial charge on any atom is -0.344 e. The van der Waals surface area contributed by atoms with Crippen LogP contribution in [0.3, 0.4) is 0 Å². The molecule has 0 N–H and O–H groups in total. The zero-order valence-electron chi connectivity index (χ0n) is 18.2. The molecule has 2 aromatic rings. The van der Waals surface area contributed by atoms with Crippen LogP contribution in [0.15, 0.2) is 24.3 Å². The van der Waals surface area contributed by atoms with Gasteiger partial charge in [-0.05, 0) is 96.9 Å². The molecule has 0 bridgehead atoms. The molecular weight excluding hydrogens is 314 g/mol. The Hall–Kier alpha value is -1.76. The van der Waals surface area contributed by atoms with Gasteiger partial charge in [0.25, 0.3) is 0 Å². The Balaban J connectivity index is 2.19. The van der Waals surface area contributed by atoms with E-state index < -0.39 is 0 Å². The Morgan fingerprint density at radius 1 is 0.692 bits per heavy atom. The summed E-state index contributed by atoms with van der Waals surface area (Å²) in [4.78, 5) is 2.39. The number of anilines is 2. The molecule has 2 aromatic carbocycles. The molecule has 0 heterocycles. The topological polar surface area (TPSA) is 3.24 Å². The fourth-order valence-electron chi connectivity index (χ4n) is 4.57. The van der Waals surface area contributed by atoms with E-state index in [1.54, 1.807) is 5.56 Å². The van der Waals surface area contributed by atoms with Crippen LogP contribution < -0.4 is 4.90 Å². The van der Waals surface area contributed by atoms with Gasteiger partial charge in [-0.2, -0.15) is 0 Å². The zero-order chi connectivity index (χ0) is 19.4. The first-order valence-electron chi connectivity index (χ1n) is 9.91. The van der Waals surface area contributed by atoms with Crippen molar-refractivity contribution in [3.63, 3.8) is 0 Å².